The van der Waals surface area contributed by atoms with Crippen LogP contribution in [0.2, 0.25) is 0 Å². The second-order valence-electron chi connectivity index (χ2n) is 4.19. The van der Waals surface area contributed by atoms with Crippen LogP contribution in [-0.4, -0.2) is 33.5 Å². The van der Waals surface area contributed by atoms with E-state index >= 15 is 0 Å². The third kappa shape index (κ3) is 2.23. The number of aromatic nitrogens is 4. The van der Waals surface area contributed by atoms with Gasteiger partial charge in [0.25, 0.3) is 0 Å². The van der Waals surface area contributed by atoms with Crippen molar-refractivity contribution in [3.05, 3.63) is 23.0 Å². The van der Waals surface area contributed by atoms with Gasteiger partial charge < -0.3 is 10.1 Å². The van der Waals surface area contributed by atoms with Crippen molar-refractivity contribution >= 4 is 11.5 Å². The fourth-order valence-corrected chi connectivity index (χ4v) is 2.40. The standard InChI is InChI=1S/C11H17N5OS/c1-7(2)16-11(9(17-4)5-13-16)10(12-3)8-6-18-15-14-8/h5-7,10,12H,1-4H3. The fourth-order valence-electron chi connectivity index (χ4n) is 1.92. The molecule has 1 unspecified atom stereocenters. The van der Waals surface area contributed by atoms with E-state index in [1.54, 1.807) is 13.3 Å². The average Bonchev–Trinajstić information content (AvgIpc) is 2.99. The highest BCUT2D eigenvalue weighted by Gasteiger charge is 2.25. The van der Waals surface area contributed by atoms with Crippen LogP contribution in [0.5, 0.6) is 5.75 Å². The van der Waals surface area contributed by atoms with Gasteiger partial charge >= 0.3 is 0 Å². The Morgan fingerprint density at radius 2 is 2.22 bits per heavy atom. The molecular formula is C11H17N5OS. The molecule has 98 valence electrons. The van der Waals surface area contributed by atoms with Gasteiger partial charge in [-0.15, -0.1) is 5.10 Å². The van der Waals surface area contributed by atoms with Crippen LogP contribution < -0.4 is 10.1 Å². The summed E-state index contributed by atoms with van der Waals surface area (Å²) in [6.45, 7) is 4.17. The molecule has 1 N–H and O–H groups in total. The van der Waals surface area contributed by atoms with Crippen LogP contribution >= 0.6 is 11.5 Å². The molecule has 2 heterocycles. The zero-order valence-electron chi connectivity index (χ0n) is 10.9. The van der Waals surface area contributed by atoms with Gasteiger partial charge in [0.2, 0.25) is 0 Å². The van der Waals surface area contributed by atoms with E-state index < -0.39 is 0 Å². The van der Waals surface area contributed by atoms with Gasteiger partial charge in [-0.25, -0.2) is 0 Å². The second kappa shape index (κ2) is 5.45. The summed E-state index contributed by atoms with van der Waals surface area (Å²) in [6, 6.07) is 0.190. The lowest BCUT2D eigenvalue weighted by atomic mass is 10.1. The summed E-state index contributed by atoms with van der Waals surface area (Å²) in [5.74, 6) is 0.760. The molecule has 0 saturated heterocycles. The Hall–Kier alpha value is -1.47. The van der Waals surface area contributed by atoms with Gasteiger partial charge in [-0.05, 0) is 32.4 Å². The Balaban J connectivity index is 2.50. The van der Waals surface area contributed by atoms with Crippen molar-refractivity contribution in [1.82, 2.24) is 24.7 Å². The maximum Gasteiger partial charge on any atom is 0.162 e. The number of methoxy groups -OCH3 is 1. The van der Waals surface area contributed by atoms with Crippen molar-refractivity contribution < 1.29 is 4.74 Å². The van der Waals surface area contributed by atoms with Gasteiger partial charge in [0.15, 0.2) is 5.75 Å². The molecule has 0 spiro atoms. The van der Waals surface area contributed by atoms with Gasteiger partial charge in [-0.3, -0.25) is 4.68 Å². The zero-order valence-corrected chi connectivity index (χ0v) is 11.7. The fraction of sp³-hybridized carbons (Fsp3) is 0.545. The minimum absolute atomic E-state index is 0.0661. The molecule has 0 fully saturated rings. The quantitative estimate of drug-likeness (QED) is 0.892. The summed E-state index contributed by atoms with van der Waals surface area (Å²) in [6.07, 6.45) is 1.74. The lowest BCUT2D eigenvalue weighted by molar-refractivity contribution is 0.395. The maximum atomic E-state index is 5.39. The van der Waals surface area contributed by atoms with E-state index in [9.17, 15) is 0 Å². The minimum atomic E-state index is -0.0661. The first-order valence-corrected chi connectivity index (χ1v) is 6.58. The molecule has 0 aliphatic rings. The summed E-state index contributed by atoms with van der Waals surface area (Å²) >= 11 is 1.34. The smallest absolute Gasteiger partial charge is 0.162 e. The number of hydrogen-bond acceptors (Lipinski definition) is 6. The minimum Gasteiger partial charge on any atom is -0.493 e. The molecule has 0 aliphatic carbocycles. The highest BCUT2D eigenvalue weighted by molar-refractivity contribution is 7.03. The summed E-state index contributed by atoms with van der Waals surface area (Å²) < 4.78 is 11.2. The van der Waals surface area contributed by atoms with E-state index in [2.05, 4.69) is 33.8 Å². The van der Waals surface area contributed by atoms with Crippen LogP contribution in [0.4, 0.5) is 0 Å². The molecule has 0 saturated carbocycles. The monoisotopic (exact) mass is 267 g/mol. The van der Waals surface area contributed by atoms with E-state index in [0.29, 0.717) is 0 Å². The molecule has 0 aliphatic heterocycles. The second-order valence-corrected chi connectivity index (χ2v) is 4.80. The third-order valence-electron chi connectivity index (χ3n) is 2.74. The number of rotatable bonds is 5. The topological polar surface area (TPSA) is 64.9 Å². The van der Waals surface area contributed by atoms with Crippen LogP contribution in [-0.2, 0) is 0 Å². The van der Waals surface area contributed by atoms with Crippen molar-refractivity contribution in [2.24, 2.45) is 0 Å². The summed E-state index contributed by atoms with van der Waals surface area (Å²) in [7, 11) is 3.54. The van der Waals surface area contributed by atoms with Gasteiger partial charge in [0.05, 0.1) is 25.0 Å². The molecule has 0 amide bonds. The van der Waals surface area contributed by atoms with Crippen molar-refractivity contribution in [2.45, 2.75) is 25.9 Å². The van der Waals surface area contributed by atoms with Gasteiger partial charge in [0, 0.05) is 11.4 Å². The molecule has 2 aromatic heterocycles. The molecule has 0 bridgehead atoms. The van der Waals surface area contributed by atoms with Gasteiger partial charge in [0.1, 0.15) is 5.69 Å². The lowest BCUT2D eigenvalue weighted by Crippen LogP contribution is -2.23. The lowest BCUT2D eigenvalue weighted by Gasteiger charge is -2.19. The maximum absolute atomic E-state index is 5.39. The Labute approximate surface area is 110 Å². The molecule has 7 heteroatoms. The largest absolute Gasteiger partial charge is 0.493 e. The first-order chi connectivity index (χ1) is 8.69. The first-order valence-electron chi connectivity index (χ1n) is 5.74. The van der Waals surface area contributed by atoms with Gasteiger partial charge in [-0.1, -0.05) is 4.49 Å². The number of nitrogens with one attached hydrogen (secondary N) is 1. The molecule has 0 aromatic carbocycles. The summed E-state index contributed by atoms with van der Waals surface area (Å²) in [5, 5.41) is 13.7. The van der Waals surface area contributed by atoms with Crippen LogP contribution in [0.25, 0.3) is 0 Å². The van der Waals surface area contributed by atoms with Crippen LogP contribution in [0, 0.1) is 0 Å². The molecule has 18 heavy (non-hydrogen) atoms. The van der Waals surface area contributed by atoms with Crippen molar-refractivity contribution in [1.29, 1.82) is 0 Å². The normalized spacial score (nSPS) is 12.9. The van der Waals surface area contributed by atoms with Crippen molar-refractivity contribution in [3.63, 3.8) is 0 Å². The van der Waals surface area contributed by atoms with Crippen molar-refractivity contribution in [3.8, 4) is 5.75 Å². The van der Waals surface area contributed by atoms with Crippen LogP contribution in [0.1, 0.15) is 37.3 Å². The average molecular weight is 267 g/mol. The Kier molecular flexibility index (Phi) is 3.93. The number of ether oxygens (including phenoxy) is 1. The van der Waals surface area contributed by atoms with Crippen LogP contribution in [0.3, 0.4) is 0 Å². The van der Waals surface area contributed by atoms with E-state index in [4.69, 9.17) is 4.74 Å². The van der Waals surface area contributed by atoms with E-state index in [1.807, 2.05) is 17.1 Å². The molecular weight excluding hydrogens is 250 g/mol. The van der Waals surface area contributed by atoms with Crippen molar-refractivity contribution in [2.75, 3.05) is 14.2 Å². The van der Waals surface area contributed by atoms with Crippen LogP contribution in [0.15, 0.2) is 11.6 Å². The summed E-state index contributed by atoms with van der Waals surface area (Å²) in [4.78, 5) is 0. The molecule has 0 radical (unpaired) electrons. The predicted octanol–water partition coefficient (Wildman–Crippen LogP) is 1.63. The molecule has 6 nitrogen and oxygen atoms in total. The number of nitrogens with zero attached hydrogens (tertiary/aromatic N) is 4. The molecule has 2 rings (SSSR count). The molecule has 1 atom stereocenters. The first kappa shape index (κ1) is 13.0. The third-order valence-corrected chi connectivity index (χ3v) is 3.27. The SMILES string of the molecule is CNC(c1csnn1)c1c(OC)cnn1C(C)C. The predicted molar refractivity (Wildman–Crippen MR) is 70.0 cm³/mol. The Morgan fingerprint density at radius 3 is 2.72 bits per heavy atom. The van der Waals surface area contributed by atoms with E-state index in [1.165, 1.54) is 11.5 Å². The highest BCUT2D eigenvalue weighted by atomic mass is 32.1. The Morgan fingerprint density at radius 1 is 1.44 bits per heavy atom. The van der Waals surface area contributed by atoms with E-state index in [-0.39, 0.29) is 12.1 Å². The van der Waals surface area contributed by atoms with E-state index in [0.717, 1.165) is 17.1 Å². The van der Waals surface area contributed by atoms with Gasteiger partial charge in [-0.2, -0.15) is 5.10 Å². The highest BCUT2D eigenvalue weighted by Crippen LogP contribution is 2.30. The Bertz CT molecular complexity index is 494. The number of hydrogen-bond donors (Lipinski definition) is 1. The molecule has 2 aromatic rings. The summed E-state index contributed by atoms with van der Waals surface area (Å²) in [5.41, 5.74) is 1.85. The zero-order chi connectivity index (χ0) is 13.1.